The molecule has 1 aliphatic carbocycles. The van der Waals surface area contributed by atoms with Crippen molar-refractivity contribution >= 4 is 6.09 Å². The van der Waals surface area contributed by atoms with Crippen LogP contribution >= 0.6 is 0 Å². The molecule has 0 saturated heterocycles. The smallest absolute Gasteiger partial charge is 0.404 e. The first-order chi connectivity index (χ1) is 7.66. The number of rotatable bonds is 2. The maximum Gasteiger partial charge on any atom is 0.404 e. The highest BCUT2D eigenvalue weighted by molar-refractivity contribution is 5.64. The first-order valence-corrected chi connectivity index (χ1v) is 5.38. The van der Waals surface area contributed by atoms with Crippen molar-refractivity contribution in [3.63, 3.8) is 0 Å². The Kier molecular flexibility index (Phi) is 3.02. The highest BCUT2D eigenvalue weighted by atomic mass is 16.4. The van der Waals surface area contributed by atoms with Gasteiger partial charge >= 0.3 is 6.09 Å². The largest absolute Gasteiger partial charge is 0.465 e. The number of hydrogen-bond donors (Lipinski definition) is 2. The SMILES string of the molecule is Cn1nnnc1C1CCC(NC(=O)O)CC1. The summed E-state index contributed by atoms with van der Waals surface area (Å²) in [5.41, 5.74) is 0. The molecule has 1 aromatic rings. The van der Waals surface area contributed by atoms with Crippen LogP contribution < -0.4 is 5.32 Å². The summed E-state index contributed by atoms with van der Waals surface area (Å²) in [4.78, 5) is 10.5. The molecule has 0 aromatic carbocycles. The second kappa shape index (κ2) is 4.46. The lowest BCUT2D eigenvalue weighted by Gasteiger charge is -2.27. The van der Waals surface area contributed by atoms with Gasteiger partial charge in [-0.1, -0.05) is 0 Å². The van der Waals surface area contributed by atoms with E-state index in [2.05, 4.69) is 20.8 Å². The van der Waals surface area contributed by atoms with E-state index in [1.54, 1.807) is 4.68 Å². The summed E-state index contributed by atoms with van der Waals surface area (Å²) in [6, 6.07) is 0.0786. The van der Waals surface area contributed by atoms with E-state index in [0.717, 1.165) is 31.5 Å². The first-order valence-electron chi connectivity index (χ1n) is 5.38. The third kappa shape index (κ3) is 2.29. The minimum Gasteiger partial charge on any atom is -0.465 e. The average Bonchev–Trinajstić information content (AvgIpc) is 2.65. The van der Waals surface area contributed by atoms with E-state index in [-0.39, 0.29) is 6.04 Å². The van der Waals surface area contributed by atoms with Crippen molar-refractivity contribution in [3.05, 3.63) is 5.82 Å². The first kappa shape index (κ1) is 10.8. The molecule has 1 fully saturated rings. The van der Waals surface area contributed by atoms with E-state index < -0.39 is 6.09 Å². The van der Waals surface area contributed by atoms with Gasteiger partial charge in [0.1, 0.15) is 0 Å². The molecule has 2 rings (SSSR count). The van der Waals surface area contributed by atoms with Gasteiger partial charge in [-0.05, 0) is 36.1 Å². The van der Waals surface area contributed by atoms with Crippen LogP contribution in [-0.4, -0.2) is 37.4 Å². The second-order valence-corrected chi connectivity index (χ2v) is 4.16. The zero-order chi connectivity index (χ0) is 11.5. The molecule has 16 heavy (non-hydrogen) atoms. The fourth-order valence-electron chi connectivity index (χ4n) is 2.25. The zero-order valence-electron chi connectivity index (χ0n) is 9.13. The summed E-state index contributed by atoms with van der Waals surface area (Å²) in [7, 11) is 1.83. The van der Waals surface area contributed by atoms with Crippen LogP contribution in [0.3, 0.4) is 0 Å². The Labute approximate surface area is 92.8 Å². The summed E-state index contributed by atoms with van der Waals surface area (Å²) in [6.45, 7) is 0. The Bertz CT molecular complexity index is 370. The van der Waals surface area contributed by atoms with E-state index in [1.165, 1.54) is 0 Å². The molecule has 0 atom stereocenters. The van der Waals surface area contributed by atoms with Crippen molar-refractivity contribution in [2.45, 2.75) is 37.6 Å². The van der Waals surface area contributed by atoms with Crippen molar-refractivity contribution in [3.8, 4) is 0 Å². The normalized spacial score (nSPS) is 25.3. The number of amides is 1. The number of nitrogens with zero attached hydrogens (tertiary/aromatic N) is 4. The second-order valence-electron chi connectivity index (χ2n) is 4.16. The predicted molar refractivity (Wildman–Crippen MR) is 55.0 cm³/mol. The summed E-state index contributed by atoms with van der Waals surface area (Å²) < 4.78 is 1.69. The summed E-state index contributed by atoms with van der Waals surface area (Å²) in [5.74, 6) is 1.25. The van der Waals surface area contributed by atoms with Gasteiger partial charge in [0.15, 0.2) is 5.82 Å². The van der Waals surface area contributed by atoms with Gasteiger partial charge in [0.25, 0.3) is 0 Å². The van der Waals surface area contributed by atoms with Gasteiger partial charge in [-0.3, -0.25) is 0 Å². The van der Waals surface area contributed by atoms with Gasteiger partial charge in [0.05, 0.1) is 0 Å². The lowest BCUT2D eigenvalue weighted by Crippen LogP contribution is -2.36. The van der Waals surface area contributed by atoms with Crippen molar-refractivity contribution in [2.24, 2.45) is 7.05 Å². The Morgan fingerprint density at radius 1 is 1.44 bits per heavy atom. The van der Waals surface area contributed by atoms with E-state index >= 15 is 0 Å². The standard InChI is InChI=1S/C9H15N5O2/c1-14-8(11-12-13-14)6-2-4-7(5-3-6)10-9(15)16/h6-7,10H,2-5H2,1H3,(H,15,16). The zero-order valence-corrected chi connectivity index (χ0v) is 9.13. The molecule has 0 bridgehead atoms. The number of tetrazole rings is 1. The van der Waals surface area contributed by atoms with Crippen LogP contribution in [0.4, 0.5) is 4.79 Å². The highest BCUT2D eigenvalue weighted by Gasteiger charge is 2.26. The fraction of sp³-hybridized carbons (Fsp3) is 0.778. The minimum absolute atomic E-state index is 0.0786. The molecular weight excluding hydrogens is 210 g/mol. The van der Waals surface area contributed by atoms with Crippen LogP contribution in [0.15, 0.2) is 0 Å². The number of aromatic nitrogens is 4. The van der Waals surface area contributed by atoms with Crippen LogP contribution in [0.2, 0.25) is 0 Å². The fourth-order valence-corrected chi connectivity index (χ4v) is 2.25. The number of carboxylic acid groups (broad SMARTS) is 1. The number of carbonyl (C=O) groups is 1. The van der Waals surface area contributed by atoms with Crippen molar-refractivity contribution in [1.82, 2.24) is 25.5 Å². The van der Waals surface area contributed by atoms with Crippen LogP contribution in [0.5, 0.6) is 0 Å². The molecule has 1 heterocycles. The topological polar surface area (TPSA) is 92.9 Å². The van der Waals surface area contributed by atoms with E-state index in [1.807, 2.05) is 7.05 Å². The molecule has 0 aliphatic heterocycles. The van der Waals surface area contributed by atoms with E-state index in [9.17, 15) is 4.79 Å². The maximum absolute atomic E-state index is 10.5. The van der Waals surface area contributed by atoms with E-state index in [4.69, 9.17) is 5.11 Å². The molecule has 0 spiro atoms. The summed E-state index contributed by atoms with van der Waals surface area (Å²) in [6.07, 6.45) is 2.62. The van der Waals surface area contributed by atoms with Crippen molar-refractivity contribution in [1.29, 1.82) is 0 Å². The minimum atomic E-state index is -0.941. The van der Waals surface area contributed by atoms with Gasteiger partial charge < -0.3 is 10.4 Å². The molecule has 0 unspecified atom stereocenters. The quantitative estimate of drug-likeness (QED) is 0.764. The van der Waals surface area contributed by atoms with Crippen LogP contribution in [0, 0.1) is 0 Å². The van der Waals surface area contributed by atoms with Gasteiger partial charge in [0, 0.05) is 19.0 Å². The molecule has 1 amide bonds. The molecule has 7 nitrogen and oxygen atoms in total. The third-order valence-corrected chi connectivity index (χ3v) is 3.07. The van der Waals surface area contributed by atoms with Gasteiger partial charge in [-0.2, -0.15) is 0 Å². The lowest BCUT2D eigenvalue weighted by molar-refractivity contribution is 0.184. The maximum atomic E-state index is 10.5. The van der Waals surface area contributed by atoms with Gasteiger partial charge in [0.2, 0.25) is 0 Å². The van der Waals surface area contributed by atoms with Gasteiger partial charge in [-0.25, -0.2) is 9.48 Å². The monoisotopic (exact) mass is 225 g/mol. The average molecular weight is 225 g/mol. The van der Waals surface area contributed by atoms with Crippen LogP contribution in [0.1, 0.15) is 37.4 Å². The van der Waals surface area contributed by atoms with Crippen LogP contribution in [0.25, 0.3) is 0 Å². The molecule has 1 saturated carbocycles. The van der Waals surface area contributed by atoms with Gasteiger partial charge in [-0.15, -0.1) is 5.10 Å². The highest BCUT2D eigenvalue weighted by Crippen LogP contribution is 2.30. The molecule has 2 N–H and O–H groups in total. The Morgan fingerprint density at radius 3 is 2.62 bits per heavy atom. The number of hydrogen-bond acceptors (Lipinski definition) is 4. The molecule has 1 aliphatic rings. The molecule has 0 radical (unpaired) electrons. The Hall–Kier alpha value is -1.66. The molecular formula is C9H15N5O2. The number of aryl methyl sites for hydroxylation is 1. The van der Waals surface area contributed by atoms with Crippen molar-refractivity contribution in [2.75, 3.05) is 0 Å². The Balaban J connectivity index is 1.90. The third-order valence-electron chi connectivity index (χ3n) is 3.07. The molecule has 88 valence electrons. The number of nitrogens with one attached hydrogen (secondary N) is 1. The predicted octanol–water partition coefficient (Wildman–Crippen LogP) is 0.504. The van der Waals surface area contributed by atoms with E-state index in [0.29, 0.717) is 5.92 Å². The summed E-state index contributed by atoms with van der Waals surface area (Å²) in [5, 5.41) is 22.5. The Morgan fingerprint density at radius 2 is 2.12 bits per heavy atom. The van der Waals surface area contributed by atoms with Crippen molar-refractivity contribution < 1.29 is 9.90 Å². The molecule has 1 aromatic heterocycles. The molecule has 7 heteroatoms. The van der Waals surface area contributed by atoms with Crippen LogP contribution in [-0.2, 0) is 7.05 Å². The summed E-state index contributed by atoms with van der Waals surface area (Å²) >= 11 is 0. The lowest BCUT2D eigenvalue weighted by atomic mass is 9.85.